The second-order valence-corrected chi connectivity index (χ2v) is 8.02. The molecule has 1 aliphatic rings. The quantitative estimate of drug-likeness (QED) is 0.545. The zero-order chi connectivity index (χ0) is 20.2. The van der Waals surface area contributed by atoms with Crippen molar-refractivity contribution in [2.45, 2.75) is 25.4 Å². The van der Waals surface area contributed by atoms with Gasteiger partial charge in [-0.15, -0.1) is 0 Å². The molecule has 3 aromatic rings. The molecule has 2 aromatic carbocycles. The SMILES string of the molecule is COc1ccc(CCC(=O)N2CCC(Oc3cccc4cccnc34)C2)cc1Br. The molecule has 1 saturated heterocycles. The van der Waals surface area contributed by atoms with Gasteiger partial charge in [0, 0.05) is 31.0 Å². The Bertz CT molecular complexity index is 1020. The lowest BCUT2D eigenvalue weighted by Gasteiger charge is -2.18. The Morgan fingerprint density at radius 1 is 1.21 bits per heavy atom. The van der Waals surface area contributed by atoms with E-state index in [-0.39, 0.29) is 12.0 Å². The number of carbonyl (C=O) groups is 1. The number of benzene rings is 2. The van der Waals surface area contributed by atoms with Gasteiger partial charge in [-0.05, 0) is 52.2 Å². The van der Waals surface area contributed by atoms with E-state index >= 15 is 0 Å². The molecule has 1 atom stereocenters. The highest BCUT2D eigenvalue weighted by Gasteiger charge is 2.27. The Balaban J connectivity index is 1.33. The van der Waals surface area contributed by atoms with Crippen LogP contribution in [-0.2, 0) is 11.2 Å². The van der Waals surface area contributed by atoms with Gasteiger partial charge in [-0.1, -0.05) is 24.3 Å². The number of hydrogen-bond acceptors (Lipinski definition) is 4. The number of carbonyl (C=O) groups excluding carboxylic acids is 1. The lowest BCUT2D eigenvalue weighted by atomic mass is 10.1. The lowest BCUT2D eigenvalue weighted by Crippen LogP contribution is -2.31. The van der Waals surface area contributed by atoms with Crippen LogP contribution in [0.5, 0.6) is 11.5 Å². The third-order valence-corrected chi connectivity index (χ3v) is 5.85. The number of amides is 1. The van der Waals surface area contributed by atoms with Gasteiger partial charge in [0.1, 0.15) is 23.1 Å². The second-order valence-electron chi connectivity index (χ2n) is 7.17. The molecule has 1 aromatic heterocycles. The van der Waals surface area contributed by atoms with Crippen LogP contribution in [0.1, 0.15) is 18.4 Å². The maximum atomic E-state index is 12.7. The monoisotopic (exact) mass is 454 g/mol. The number of ether oxygens (including phenoxy) is 2. The lowest BCUT2D eigenvalue weighted by molar-refractivity contribution is -0.130. The number of hydrogen-bond donors (Lipinski definition) is 0. The molecule has 1 aliphatic heterocycles. The summed E-state index contributed by atoms with van der Waals surface area (Å²) in [6.07, 6.45) is 3.81. The van der Waals surface area contributed by atoms with Gasteiger partial charge in [0.05, 0.1) is 18.1 Å². The standard InChI is InChI=1S/C23H23BrN2O3/c1-28-20-9-7-16(14-19(20)24)8-10-22(27)26-13-11-18(15-26)29-21-6-2-4-17-5-3-12-25-23(17)21/h2-7,9,12,14,18H,8,10-11,13,15H2,1H3. The van der Waals surface area contributed by atoms with Crippen LogP contribution in [0.4, 0.5) is 0 Å². The van der Waals surface area contributed by atoms with Crippen LogP contribution in [-0.4, -0.2) is 42.1 Å². The Kier molecular flexibility index (Phi) is 6.00. The van der Waals surface area contributed by atoms with Gasteiger partial charge < -0.3 is 14.4 Å². The van der Waals surface area contributed by atoms with E-state index in [0.717, 1.165) is 45.4 Å². The minimum absolute atomic E-state index is 0.00156. The Hall–Kier alpha value is -2.60. The van der Waals surface area contributed by atoms with Crippen LogP contribution in [0, 0.1) is 0 Å². The number of pyridine rings is 1. The maximum absolute atomic E-state index is 12.7. The van der Waals surface area contributed by atoms with E-state index in [0.29, 0.717) is 19.4 Å². The highest BCUT2D eigenvalue weighted by molar-refractivity contribution is 9.10. The molecule has 1 fully saturated rings. The van der Waals surface area contributed by atoms with Crippen LogP contribution in [0.25, 0.3) is 10.9 Å². The van der Waals surface area contributed by atoms with Crippen molar-refractivity contribution in [3.05, 3.63) is 64.8 Å². The van der Waals surface area contributed by atoms with Crippen molar-refractivity contribution < 1.29 is 14.3 Å². The van der Waals surface area contributed by atoms with Crippen molar-refractivity contribution >= 4 is 32.7 Å². The number of methoxy groups -OCH3 is 1. The fourth-order valence-corrected chi connectivity index (χ4v) is 4.26. The van der Waals surface area contributed by atoms with Crippen molar-refractivity contribution in [2.24, 2.45) is 0 Å². The highest BCUT2D eigenvalue weighted by Crippen LogP contribution is 2.27. The Labute approximate surface area is 178 Å². The van der Waals surface area contributed by atoms with Gasteiger partial charge >= 0.3 is 0 Å². The van der Waals surface area contributed by atoms with Crippen molar-refractivity contribution in [1.29, 1.82) is 0 Å². The molecule has 2 heterocycles. The smallest absolute Gasteiger partial charge is 0.223 e. The average molecular weight is 455 g/mol. The summed E-state index contributed by atoms with van der Waals surface area (Å²) in [4.78, 5) is 19.0. The minimum Gasteiger partial charge on any atom is -0.496 e. The number of nitrogens with zero attached hydrogens (tertiary/aromatic N) is 2. The van der Waals surface area contributed by atoms with E-state index in [9.17, 15) is 4.79 Å². The molecule has 4 rings (SSSR count). The first kappa shape index (κ1) is 19.7. The van der Waals surface area contributed by atoms with E-state index < -0.39 is 0 Å². The first-order chi connectivity index (χ1) is 14.1. The third-order valence-electron chi connectivity index (χ3n) is 5.23. The first-order valence-electron chi connectivity index (χ1n) is 9.74. The predicted octanol–water partition coefficient (Wildman–Crippen LogP) is 4.62. The molecule has 5 nitrogen and oxygen atoms in total. The highest BCUT2D eigenvalue weighted by atomic mass is 79.9. The molecular weight excluding hydrogens is 432 g/mol. The zero-order valence-corrected chi connectivity index (χ0v) is 17.9. The number of fused-ring (bicyclic) bond motifs is 1. The van der Waals surface area contributed by atoms with Crippen LogP contribution in [0.2, 0.25) is 0 Å². The molecule has 1 unspecified atom stereocenters. The summed E-state index contributed by atoms with van der Waals surface area (Å²) in [6, 6.07) is 15.8. The normalized spacial score (nSPS) is 16.2. The van der Waals surface area contributed by atoms with Crippen LogP contribution >= 0.6 is 15.9 Å². The number of rotatable bonds is 6. The Morgan fingerprint density at radius 2 is 2.07 bits per heavy atom. The molecule has 0 spiro atoms. The molecule has 0 saturated carbocycles. The number of halogens is 1. The van der Waals surface area contributed by atoms with Crippen molar-refractivity contribution in [1.82, 2.24) is 9.88 Å². The summed E-state index contributed by atoms with van der Waals surface area (Å²) in [5.74, 6) is 1.74. The van der Waals surface area contributed by atoms with Gasteiger partial charge in [0.15, 0.2) is 0 Å². The van der Waals surface area contributed by atoms with Crippen molar-refractivity contribution in [2.75, 3.05) is 20.2 Å². The topological polar surface area (TPSA) is 51.7 Å². The van der Waals surface area contributed by atoms with Gasteiger partial charge in [-0.2, -0.15) is 0 Å². The second kappa shape index (κ2) is 8.82. The molecule has 0 bridgehead atoms. The summed E-state index contributed by atoms with van der Waals surface area (Å²) < 4.78 is 12.4. The van der Waals surface area contributed by atoms with Gasteiger partial charge in [0.25, 0.3) is 0 Å². The van der Waals surface area contributed by atoms with Crippen LogP contribution in [0.15, 0.2) is 59.2 Å². The van der Waals surface area contributed by atoms with E-state index in [1.54, 1.807) is 13.3 Å². The molecule has 0 radical (unpaired) electrons. The van der Waals surface area contributed by atoms with E-state index in [4.69, 9.17) is 9.47 Å². The molecule has 0 N–H and O–H groups in total. The number of aromatic nitrogens is 1. The summed E-state index contributed by atoms with van der Waals surface area (Å²) in [5.41, 5.74) is 1.98. The van der Waals surface area contributed by atoms with Crippen LogP contribution < -0.4 is 9.47 Å². The zero-order valence-electron chi connectivity index (χ0n) is 16.3. The number of likely N-dealkylation sites (tertiary alicyclic amines) is 1. The summed E-state index contributed by atoms with van der Waals surface area (Å²) in [7, 11) is 1.64. The predicted molar refractivity (Wildman–Crippen MR) is 116 cm³/mol. The summed E-state index contributed by atoms with van der Waals surface area (Å²) >= 11 is 3.50. The van der Waals surface area contributed by atoms with Gasteiger partial charge in [-0.3, -0.25) is 9.78 Å². The van der Waals surface area contributed by atoms with E-state index in [2.05, 4.69) is 20.9 Å². The van der Waals surface area contributed by atoms with Gasteiger partial charge in [0.2, 0.25) is 5.91 Å². The van der Waals surface area contributed by atoms with E-state index in [1.807, 2.05) is 53.4 Å². The molecular formula is C23H23BrN2O3. The fraction of sp³-hybridized carbons (Fsp3) is 0.304. The van der Waals surface area contributed by atoms with E-state index in [1.165, 1.54) is 0 Å². The molecule has 6 heteroatoms. The van der Waals surface area contributed by atoms with Crippen molar-refractivity contribution in [3.63, 3.8) is 0 Å². The van der Waals surface area contributed by atoms with Crippen molar-refractivity contribution in [3.8, 4) is 11.5 Å². The molecule has 150 valence electrons. The third kappa shape index (κ3) is 4.53. The molecule has 1 amide bonds. The molecule has 29 heavy (non-hydrogen) atoms. The van der Waals surface area contributed by atoms with Gasteiger partial charge in [-0.25, -0.2) is 0 Å². The Morgan fingerprint density at radius 3 is 2.90 bits per heavy atom. The average Bonchev–Trinajstić information content (AvgIpc) is 3.21. The largest absolute Gasteiger partial charge is 0.496 e. The summed E-state index contributed by atoms with van der Waals surface area (Å²) in [5, 5.41) is 1.06. The summed E-state index contributed by atoms with van der Waals surface area (Å²) in [6.45, 7) is 1.35. The fourth-order valence-electron chi connectivity index (χ4n) is 3.68. The van der Waals surface area contributed by atoms with Crippen LogP contribution in [0.3, 0.4) is 0 Å². The number of aryl methyl sites for hydroxylation is 1. The minimum atomic E-state index is 0.00156. The molecule has 0 aliphatic carbocycles. The number of para-hydroxylation sites is 1. The maximum Gasteiger partial charge on any atom is 0.223 e. The first-order valence-corrected chi connectivity index (χ1v) is 10.5.